The molecule has 1 heterocycles. The van der Waals surface area contributed by atoms with Gasteiger partial charge in [0.25, 0.3) is 0 Å². The van der Waals surface area contributed by atoms with Crippen LogP contribution in [-0.4, -0.2) is 17.1 Å². The number of alkyl halides is 5. The summed E-state index contributed by atoms with van der Waals surface area (Å²) in [5.41, 5.74) is 4.84. The largest absolute Gasteiger partial charge is 0.453 e. The van der Waals surface area contributed by atoms with Crippen molar-refractivity contribution in [3.05, 3.63) is 23.9 Å². The van der Waals surface area contributed by atoms with Crippen LogP contribution in [0.4, 0.5) is 27.8 Å². The number of nitrogens with zero attached hydrogens (tertiary/aromatic N) is 1. The number of pyridine rings is 1. The Kier molecular flexibility index (Phi) is 2.83. The van der Waals surface area contributed by atoms with Gasteiger partial charge in [-0.2, -0.15) is 22.0 Å². The lowest BCUT2D eigenvalue weighted by Gasteiger charge is -2.19. The third-order valence-corrected chi connectivity index (χ3v) is 1.75. The van der Waals surface area contributed by atoms with E-state index in [9.17, 15) is 22.0 Å². The smallest absolute Gasteiger partial charge is 0.383 e. The van der Waals surface area contributed by atoms with E-state index in [0.717, 1.165) is 6.07 Å². The molecule has 1 aromatic rings. The van der Waals surface area contributed by atoms with E-state index in [4.69, 9.17) is 5.73 Å². The molecule has 1 aromatic heterocycles. The lowest BCUT2D eigenvalue weighted by molar-refractivity contribution is -0.281. The highest BCUT2D eigenvalue weighted by Crippen LogP contribution is 2.38. The Morgan fingerprint density at radius 3 is 2.27 bits per heavy atom. The van der Waals surface area contributed by atoms with Crippen LogP contribution in [0.25, 0.3) is 0 Å². The molecule has 0 spiro atoms. The van der Waals surface area contributed by atoms with Gasteiger partial charge in [-0.15, -0.1) is 0 Å². The van der Waals surface area contributed by atoms with E-state index in [0.29, 0.717) is 0 Å². The summed E-state index contributed by atoms with van der Waals surface area (Å²) in [6.45, 7) is 0. The molecule has 0 aromatic carbocycles. The summed E-state index contributed by atoms with van der Waals surface area (Å²) in [6, 6.07) is 2.33. The van der Waals surface area contributed by atoms with Crippen molar-refractivity contribution in [3.63, 3.8) is 0 Å². The molecular weight excluding hydrogens is 219 g/mol. The highest BCUT2D eigenvalue weighted by Gasteiger charge is 2.57. The van der Waals surface area contributed by atoms with Gasteiger partial charge in [-0.1, -0.05) is 6.07 Å². The Morgan fingerprint density at radius 1 is 1.20 bits per heavy atom. The van der Waals surface area contributed by atoms with Gasteiger partial charge in [-0.05, 0) is 6.07 Å². The van der Waals surface area contributed by atoms with E-state index in [-0.39, 0.29) is 11.4 Å². The Balaban J connectivity index is 2.92. The zero-order valence-electron chi connectivity index (χ0n) is 7.35. The third-order valence-electron chi connectivity index (χ3n) is 1.75. The van der Waals surface area contributed by atoms with Crippen LogP contribution in [0.2, 0.25) is 0 Å². The first-order chi connectivity index (χ1) is 6.74. The van der Waals surface area contributed by atoms with Gasteiger partial charge >= 0.3 is 12.1 Å². The van der Waals surface area contributed by atoms with E-state index < -0.39 is 18.5 Å². The Morgan fingerprint density at radius 2 is 1.80 bits per heavy atom. The zero-order chi connectivity index (χ0) is 11.7. The van der Waals surface area contributed by atoms with Crippen LogP contribution < -0.4 is 5.73 Å². The molecule has 0 bridgehead atoms. The molecule has 0 aliphatic carbocycles. The standard InChI is InChI=1S/C8H7F5N2/c9-7(10,8(11,12)13)4-5-2-1-3-15-6(5)14/h1-3H,4H2,(H2,14,15). The maximum atomic E-state index is 12.6. The number of aromatic nitrogens is 1. The van der Waals surface area contributed by atoms with E-state index in [2.05, 4.69) is 4.98 Å². The monoisotopic (exact) mass is 226 g/mol. The number of rotatable bonds is 2. The minimum Gasteiger partial charge on any atom is -0.383 e. The maximum absolute atomic E-state index is 12.6. The van der Waals surface area contributed by atoms with Crippen LogP contribution >= 0.6 is 0 Å². The fourth-order valence-electron chi connectivity index (χ4n) is 0.940. The molecule has 0 fully saturated rings. The molecule has 1 rings (SSSR count). The van der Waals surface area contributed by atoms with Crippen molar-refractivity contribution in [1.82, 2.24) is 4.98 Å². The minimum atomic E-state index is -5.57. The van der Waals surface area contributed by atoms with Gasteiger partial charge in [-0.3, -0.25) is 0 Å². The van der Waals surface area contributed by atoms with Crippen LogP contribution in [0.1, 0.15) is 5.56 Å². The van der Waals surface area contributed by atoms with Crippen LogP contribution in [0.5, 0.6) is 0 Å². The van der Waals surface area contributed by atoms with Crippen LogP contribution in [0, 0.1) is 0 Å². The van der Waals surface area contributed by atoms with Crippen molar-refractivity contribution in [2.75, 3.05) is 5.73 Å². The fraction of sp³-hybridized carbons (Fsp3) is 0.375. The van der Waals surface area contributed by atoms with Gasteiger partial charge in [0, 0.05) is 18.2 Å². The number of halogens is 5. The summed E-state index contributed by atoms with van der Waals surface area (Å²) in [5.74, 6) is -5.11. The van der Waals surface area contributed by atoms with E-state index in [1.54, 1.807) is 0 Å². The van der Waals surface area contributed by atoms with Gasteiger partial charge in [-0.25, -0.2) is 4.98 Å². The SMILES string of the molecule is Nc1ncccc1CC(F)(F)C(F)(F)F. The van der Waals surface area contributed by atoms with Crippen molar-refractivity contribution >= 4 is 5.82 Å². The second kappa shape index (κ2) is 3.63. The summed E-state index contributed by atoms with van der Waals surface area (Å²) >= 11 is 0. The van der Waals surface area contributed by atoms with E-state index in [1.165, 1.54) is 12.3 Å². The number of anilines is 1. The highest BCUT2D eigenvalue weighted by molar-refractivity contribution is 5.39. The fourth-order valence-corrected chi connectivity index (χ4v) is 0.940. The molecule has 0 unspecified atom stereocenters. The number of hydrogen-bond acceptors (Lipinski definition) is 2. The van der Waals surface area contributed by atoms with Gasteiger partial charge in [0.1, 0.15) is 5.82 Å². The predicted octanol–water partition coefficient (Wildman–Crippen LogP) is 2.40. The first-order valence-corrected chi connectivity index (χ1v) is 3.88. The van der Waals surface area contributed by atoms with E-state index in [1.807, 2.05) is 0 Å². The van der Waals surface area contributed by atoms with Gasteiger partial charge in [0.2, 0.25) is 0 Å². The molecule has 0 saturated carbocycles. The summed E-state index contributed by atoms with van der Waals surface area (Å²) in [7, 11) is 0. The summed E-state index contributed by atoms with van der Waals surface area (Å²) in [4.78, 5) is 3.42. The molecule has 2 nitrogen and oxygen atoms in total. The maximum Gasteiger partial charge on any atom is 0.453 e. The van der Waals surface area contributed by atoms with Crippen molar-refractivity contribution in [2.24, 2.45) is 0 Å². The van der Waals surface area contributed by atoms with Crippen molar-refractivity contribution in [3.8, 4) is 0 Å². The number of hydrogen-bond donors (Lipinski definition) is 1. The summed E-state index contributed by atoms with van der Waals surface area (Å²) in [6.07, 6.45) is -5.85. The lowest BCUT2D eigenvalue weighted by Crippen LogP contribution is -2.38. The van der Waals surface area contributed by atoms with Crippen molar-refractivity contribution in [1.29, 1.82) is 0 Å². The summed E-state index contributed by atoms with van der Waals surface area (Å²) in [5, 5.41) is 0. The minimum absolute atomic E-state index is 0.318. The average molecular weight is 226 g/mol. The molecular formula is C8H7F5N2. The first-order valence-electron chi connectivity index (χ1n) is 3.88. The van der Waals surface area contributed by atoms with Crippen LogP contribution in [0.15, 0.2) is 18.3 Å². The molecule has 0 radical (unpaired) electrons. The molecule has 0 amide bonds. The lowest BCUT2D eigenvalue weighted by atomic mass is 10.1. The highest BCUT2D eigenvalue weighted by atomic mass is 19.4. The predicted molar refractivity (Wildman–Crippen MR) is 43.4 cm³/mol. The second-order valence-electron chi connectivity index (χ2n) is 2.93. The quantitative estimate of drug-likeness (QED) is 0.786. The van der Waals surface area contributed by atoms with E-state index >= 15 is 0 Å². The average Bonchev–Trinajstić information content (AvgIpc) is 2.06. The van der Waals surface area contributed by atoms with Gasteiger partial charge < -0.3 is 5.73 Å². The Hall–Kier alpha value is -1.40. The number of nitrogen functional groups attached to an aromatic ring is 1. The van der Waals surface area contributed by atoms with Crippen LogP contribution in [-0.2, 0) is 6.42 Å². The van der Waals surface area contributed by atoms with Gasteiger partial charge in [0.05, 0.1) is 0 Å². The zero-order valence-corrected chi connectivity index (χ0v) is 7.35. The molecule has 7 heteroatoms. The molecule has 15 heavy (non-hydrogen) atoms. The van der Waals surface area contributed by atoms with Crippen molar-refractivity contribution < 1.29 is 22.0 Å². The molecule has 2 N–H and O–H groups in total. The van der Waals surface area contributed by atoms with Crippen molar-refractivity contribution in [2.45, 2.75) is 18.5 Å². The molecule has 0 aliphatic rings. The topological polar surface area (TPSA) is 38.9 Å². The Bertz CT molecular complexity index is 347. The summed E-state index contributed by atoms with van der Waals surface area (Å²) < 4.78 is 60.7. The Labute approximate surface area is 81.9 Å². The normalized spacial score (nSPS) is 12.9. The first kappa shape index (κ1) is 11.7. The van der Waals surface area contributed by atoms with Crippen LogP contribution in [0.3, 0.4) is 0 Å². The third kappa shape index (κ3) is 2.54. The molecule has 0 saturated heterocycles. The number of nitrogens with two attached hydrogens (primary N) is 1. The molecule has 84 valence electrons. The molecule has 0 atom stereocenters. The van der Waals surface area contributed by atoms with Gasteiger partial charge in [0.15, 0.2) is 0 Å². The second-order valence-corrected chi connectivity index (χ2v) is 2.93. The molecule has 0 aliphatic heterocycles.